The van der Waals surface area contributed by atoms with E-state index in [4.69, 9.17) is 0 Å². The van der Waals surface area contributed by atoms with E-state index >= 15 is 0 Å². The molecule has 1 aromatic rings. The third kappa shape index (κ3) is 6.05. The smallest absolute Gasteiger partial charge is 0.191 e. The van der Waals surface area contributed by atoms with Gasteiger partial charge in [0.05, 0.1) is 10.7 Å². The predicted molar refractivity (Wildman–Crippen MR) is 84.1 cm³/mol. The minimum Gasteiger partial charge on any atom is -0.357 e. The fourth-order valence-corrected chi connectivity index (χ4v) is 2.48. The quantitative estimate of drug-likeness (QED) is 0.622. The van der Waals surface area contributed by atoms with Crippen LogP contribution in [0.2, 0.25) is 0 Å². The van der Waals surface area contributed by atoms with Crippen molar-refractivity contribution < 1.29 is 0 Å². The molecule has 1 aromatic heterocycles. The Kier molecular flexibility index (Phi) is 6.84. The number of guanidine groups is 1. The highest BCUT2D eigenvalue weighted by molar-refractivity contribution is 7.11. The van der Waals surface area contributed by atoms with Crippen molar-refractivity contribution in [3.8, 4) is 0 Å². The minimum atomic E-state index is 0.583. The van der Waals surface area contributed by atoms with Gasteiger partial charge in [0.1, 0.15) is 0 Å². The van der Waals surface area contributed by atoms with Crippen molar-refractivity contribution in [3.05, 3.63) is 15.6 Å². The Morgan fingerprint density at radius 2 is 2.05 bits per heavy atom. The van der Waals surface area contributed by atoms with Gasteiger partial charge in [0.15, 0.2) is 5.96 Å². The van der Waals surface area contributed by atoms with Crippen molar-refractivity contribution in [2.75, 3.05) is 19.6 Å². The van der Waals surface area contributed by atoms with Gasteiger partial charge in [-0.1, -0.05) is 13.8 Å². The predicted octanol–water partition coefficient (Wildman–Crippen LogP) is 2.51. The summed E-state index contributed by atoms with van der Waals surface area (Å²) < 4.78 is 0. The van der Waals surface area contributed by atoms with Gasteiger partial charge < -0.3 is 10.6 Å². The average Bonchev–Trinajstić information content (AvgIpc) is 2.65. The maximum absolute atomic E-state index is 4.55. The van der Waals surface area contributed by atoms with Crippen LogP contribution < -0.4 is 10.6 Å². The molecule has 1 heterocycles. The molecule has 5 heteroatoms. The van der Waals surface area contributed by atoms with Crippen LogP contribution in [0.25, 0.3) is 0 Å². The molecule has 0 amide bonds. The van der Waals surface area contributed by atoms with Crippen molar-refractivity contribution >= 4 is 17.3 Å². The van der Waals surface area contributed by atoms with E-state index in [-0.39, 0.29) is 0 Å². The maximum atomic E-state index is 4.55. The lowest BCUT2D eigenvalue weighted by atomic mass is 10.2. The Bertz CT molecular complexity index is 390. The van der Waals surface area contributed by atoms with Crippen LogP contribution in [0.4, 0.5) is 0 Å². The first-order valence-corrected chi connectivity index (χ1v) is 7.79. The number of aliphatic imine (C=N–C) groups is 1. The zero-order valence-electron chi connectivity index (χ0n) is 12.7. The molecule has 2 N–H and O–H groups in total. The lowest BCUT2D eigenvalue weighted by molar-refractivity contribution is 0.656. The fraction of sp³-hybridized carbons (Fsp3) is 0.714. The number of rotatable bonds is 6. The molecule has 0 aromatic carbocycles. The fourth-order valence-electron chi connectivity index (χ4n) is 1.55. The van der Waals surface area contributed by atoms with E-state index in [1.165, 1.54) is 9.88 Å². The SMILES string of the molecule is CCNC(=NCC(C)C)NCCc1nc(C)c(C)s1. The first-order valence-electron chi connectivity index (χ1n) is 6.98. The molecule has 0 saturated heterocycles. The molecule has 0 aliphatic rings. The van der Waals surface area contributed by atoms with Crippen molar-refractivity contribution in [3.63, 3.8) is 0 Å². The van der Waals surface area contributed by atoms with Gasteiger partial charge in [-0.05, 0) is 26.7 Å². The van der Waals surface area contributed by atoms with E-state index in [9.17, 15) is 0 Å². The third-order valence-corrected chi connectivity index (χ3v) is 3.80. The van der Waals surface area contributed by atoms with E-state index in [1.807, 2.05) is 0 Å². The Morgan fingerprint density at radius 3 is 2.58 bits per heavy atom. The van der Waals surface area contributed by atoms with Crippen molar-refractivity contribution in [2.45, 2.75) is 41.0 Å². The van der Waals surface area contributed by atoms with Crippen molar-refractivity contribution in [1.82, 2.24) is 15.6 Å². The molecule has 0 saturated carbocycles. The number of nitrogens with one attached hydrogen (secondary N) is 2. The molecular weight excluding hydrogens is 256 g/mol. The highest BCUT2D eigenvalue weighted by atomic mass is 32.1. The summed E-state index contributed by atoms with van der Waals surface area (Å²) in [6.07, 6.45) is 0.950. The van der Waals surface area contributed by atoms with E-state index in [0.29, 0.717) is 5.92 Å². The third-order valence-electron chi connectivity index (χ3n) is 2.66. The monoisotopic (exact) mass is 282 g/mol. The number of aryl methyl sites for hydroxylation is 2. The van der Waals surface area contributed by atoms with Gasteiger partial charge >= 0.3 is 0 Å². The summed E-state index contributed by atoms with van der Waals surface area (Å²) in [4.78, 5) is 10.4. The number of thiazole rings is 1. The number of nitrogens with zero attached hydrogens (tertiary/aromatic N) is 2. The van der Waals surface area contributed by atoms with Crippen LogP contribution in [-0.4, -0.2) is 30.6 Å². The molecule has 1 rings (SSSR count). The normalized spacial score (nSPS) is 12.0. The highest BCUT2D eigenvalue weighted by Crippen LogP contribution is 2.16. The second-order valence-corrected chi connectivity index (χ2v) is 6.33. The first-order chi connectivity index (χ1) is 9.02. The zero-order chi connectivity index (χ0) is 14.3. The first kappa shape index (κ1) is 16.0. The van der Waals surface area contributed by atoms with Gasteiger partial charge in [0, 0.05) is 30.9 Å². The summed E-state index contributed by atoms with van der Waals surface area (Å²) in [6, 6.07) is 0. The van der Waals surface area contributed by atoms with Crippen LogP contribution in [0, 0.1) is 19.8 Å². The van der Waals surface area contributed by atoms with E-state index in [0.717, 1.165) is 37.7 Å². The second kappa shape index (κ2) is 8.15. The van der Waals surface area contributed by atoms with Crippen molar-refractivity contribution in [1.29, 1.82) is 0 Å². The molecule has 0 bridgehead atoms. The summed E-state index contributed by atoms with van der Waals surface area (Å²) in [5, 5.41) is 7.82. The summed E-state index contributed by atoms with van der Waals surface area (Å²) >= 11 is 1.79. The maximum Gasteiger partial charge on any atom is 0.191 e. The molecule has 0 spiro atoms. The molecule has 4 nitrogen and oxygen atoms in total. The number of hydrogen-bond donors (Lipinski definition) is 2. The molecule has 108 valence electrons. The summed E-state index contributed by atoms with van der Waals surface area (Å²) in [5.74, 6) is 1.49. The summed E-state index contributed by atoms with van der Waals surface area (Å²) in [7, 11) is 0. The zero-order valence-corrected chi connectivity index (χ0v) is 13.5. The van der Waals surface area contributed by atoms with Gasteiger partial charge in [-0.2, -0.15) is 0 Å². The second-order valence-electron chi connectivity index (χ2n) is 5.04. The van der Waals surface area contributed by atoms with Gasteiger partial charge in [-0.15, -0.1) is 11.3 Å². The van der Waals surface area contributed by atoms with E-state index < -0.39 is 0 Å². The Hall–Kier alpha value is -1.10. The minimum absolute atomic E-state index is 0.583. The van der Waals surface area contributed by atoms with Crippen molar-refractivity contribution in [2.24, 2.45) is 10.9 Å². The molecule has 0 aliphatic carbocycles. The van der Waals surface area contributed by atoms with Gasteiger partial charge in [0.25, 0.3) is 0 Å². The Labute approximate surface area is 120 Å². The average molecular weight is 282 g/mol. The molecular formula is C14H26N4S. The van der Waals surface area contributed by atoms with Crippen LogP contribution in [0.1, 0.15) is 36.3 Å². The van der Waals surface area contributed by atoms with E-state index in [2.05, 4.69) is 55.2 Å². The number of hydrogen-bond acceptors (Lipinski definition) is 3. The Morgan fingerprint density at radius 1 is 1.32 bits per heavy atom. The number of aromatic nitrogens is 1. The van der Waals surface area contributed by atoms with Crippen LogP contribution in [0.3, 0.4) is 0 Å². The Balaban J connectivity index is 2.41. The molecule has 0 radical (unpaired) electrons. The molecule has 0 atom stereocenters. The lowest BCUT2D eigenvalue weighted by Gasteiger charge is -2.11. The molecule has 19 heavy (non-hydrogen) atoms. The van der Waals surface area contributed by atoms with Gasteiger partial charge in [-0.3, -0.25) is 4.99 Å². The lowest BCUT2D eigenvalue weighted by Crippen LogP contribution is -2.38. The molecule has 0 unspecified atom stereocenters. The van der Waals surface area contributed by atoms with Gasteiger partial charge in [-0.25, -0.2) is 4.98 Å². The van der Waals surface area contributed by atoms with Crippen LogP contribution in [-0.2, 0) is 6.42 Å². The summed E-state index contributed by atoms with van der Waals surface area (Å²) in [5.41, 5.74) is 1.15. The highest BCUT2D eigenvalue weighted by Gasteiger charge is 2.04. The largest absolute Gasteiger partial charge is 0.357 e. The van der Waals surface area contributed by atoms with Crippen LogP contribution in [0.5, 0.6) is 0 Å². The standard InChI is InChI=1S/C14H26N4S/c1-6-15-14(17-9-10(2)3)16-8-7-13-18-11(4)12(5)19-13/h10H,6-9H2,1-5H3,(H2,15,16,17). The topological polar surface area (TPSA) is 49.3 Å². The van der Waals surface area contributed by atoms with Crippen LogP contribution >= 0.6 is 11.3 Å². The molecule has 0 fully saturated rings. The van der Waals surface area contributed by atoms with Gasteiger partial charge in [0.2, 0.25) is 0 Å². The van der Waals surface area contributed by atoms with E-state index in [1.54, 1.807) is 11.3 Å². The van der Waals surface area contributed by atoms with Crippen LogP contribution in [0.15, 0.2) is 4.99 Å². The molecule has 0 aliphatic heterocycles. The summed E-state index contributed by atoms with van der Waals surface area (Å²) in [6.45, 7) is 13.2.